The average Bonchev–Trinajstić information content (AvgIpc) is 3.23. The van der Waals surface area contributed by atoms with Crippen LogP contribution in [0.25, 0.3) is 0 Å². The first-order valence-corrected chi connectivity index (χ1v) is 8.75. The lowest BCUT2D eigenvalue weighted by atomic mass is 9.86. The first-order valence-electron chi connectivity index (χ1n) is 8.75. The molecule has 1 fully saturated rings. The lowest BCUT2D eigenvalue weighted by Gasteiger charge is -2.23. The summed E-state index contributed by atoms with van der Waals surface area (Å²) >= 11 is 0. The first-order chi connectivity index (χ1) is 12.5. The zero-order valence-electron chi connectivity index (χ0n) is 15.0. The highest BCUT2D eigenvalue weighted by Gasteiger charge is 2.50. The molecule has 0 aromatic heterocycles. The van der Waals surface area contributed by atoms with E-state index in [0.717, 1.165) is 12.8 Å². The molecule has 0 saturated heterocycles. The van der Waals surface area contributed by atoms with Gasteiger partial charge in [0.2, 0.25) is 0 Å². The van der Waals surface area contributed by atoms with Crippen molar-refractivity contribution in [2.45, 2.75) is 39.5 Å². The molecule has 1 aromatic rings. The van der Waals surface area contributed by atoms with Gasteiger partial charge in [-0.2, -0.15) is 0 Å². The van der Waals surface area contributed by atoms with E-state index in [4.69, 9.17) is 9.47 Å². The molecule has 2 amide bonds. The Labute approximate surface area is 152 Å². The zero-order chi connectivity index (χ0) is 19.2. The number of ether oxygens (including phenoxy) is 2. The average molecular weight is 361 g/mol. The van der Waals surface area contributed by atoms with E-state index in [9.17, 15) is 19.2 Å². The molecule has 0 unspecified atom stereocenters. The summed E-state index contributed by atoms with van der Waals surface area (Å²) in [6, 6.07) is 6.74. The fourth-order valence-electron chi connectivity index (χ4n) is 3.13. The van der Waals surface area contributed by atoms with Gasteiger partial charge in [-0.05, 0) is 38.8 Å². The lowest BCUT2D eigenvalue weighted by Crippen LogP contribution is -2.39. The Kier molecular flexibility index (Phi) is 6.49. The molecule has 1 saturated carbocycles. The molecule has 0 bridgehead atoms. The van der Waals surface area contributed by atoms with E-state index in [1.165, 1.54) is 0 Å². The fraction of sp³-hybridized carbons (Fsp3) is 0.474. The Morgan fingerprint density at radius 2 is 1.35 bits per heavy atom. The van der Waals surface area contributed by atoms with Gasteiger partial charge in [-0.1, -0.05) is 25.0 Å². The standard InChI is InChI=1S/C11H18O4.C8H5NO2/c1-3-14-9(12)11(7-5-6-8-11)10(13)15-4-2;10-7-5-3-1-2-4-6(5)8(11)9-7/h3-8H2,1-2H3;1-4H,(H,9,10,11). The topological polar surface area (TPSA) is 98.8 Å². The molecular weight excluding hydrogens is 338 g/mol. The number of rotatable bonds is 4. The molecule has 1 N–H and O–H groups in total. The second-order valence-corrected chi connectivity index (χ2v) is 6.06. The van der Waals surface area contributed by atoms with Crippen molar-refractivity contribution >= 4 is 23.8 Å². The molecular formula is C19H23NO6. The van der Waals surface area contributed by atoms with Gasteiger partial charge in [0, 0.05) is 0 Å². The van der Waals surface area contributed by atoms with Crippen molar-refractivity contribution in [1.82, 2.24) is 5.32 Å². The maximum absolute atomic E-state index is 11.8. The van der Waals surface area contributed by atoms with Crippen LogP contribution in [-0.4, -0.2) is 37.0 Å². The van der Waals surface area contributed by atoms with Crippen molar-refractivity contribution < 1.29 is 28.7 Å². The number of imide groups is 1. The third-order valence-corrected chi connectivity index (χ3v) is 4.43. The molecule has 140 valence electrons. The number of carbonyl (C=O) groups excluding carboxylic acids is 4. The summed E-state index contributed by atoms with van der Waals surface area (Å²) in [4.78, 5) is 45.4. The summed E-state index contributed by atoms with van der Waals surface area (Å²) in [5.41, 5.74) is -0.0681. The van der Waals surface area contributed by atoms with E-state index in [-0.39, 0.29) is 11.8 Å². The van der Waals surface area contributed by atoms with Crippen molar-refractivity contribution in [2.24, 2.45) is 5.41 Å². The van der Waals surface area contributed by atoms with Gasteiger partial charge in [0.25, 0.3) is 11.8 Å². The van der Waals surface area contributed by atoms with Gasteiger partial charge in [-0.25, -0.2) is 0 Å². The number of amides is 2. The van der Waals surface area contributed by atoms with Gasteiger partial charge in [0.15, 0.2) is 5.41 Å². The summed E-state index contributed by atoms with van der Waals surface area (Å²) < 4.78 is 9.91. The van der Waals surface area contributed by atoms with E-state index in [1.54, 1.807) is 38.1 Å². The van der Waals surface area contributed by atoms with Crippen LogP contribution in [0.2, 0.25) is 0 Å². The Morgan fingerprint density at radius 1 is 0.923 bits per heavy atom. The summed E-state index contributed by atoms with van der Waals surface area (Å²) in [5.74, 6) is -1.43. The molecule has 26 heavy (non-hydrogen) atoms. The van der Waals surface area contributed by atoms with Crippen LogP contribution in [0.15, 0.2) is 24.3 Å². The maximum atomic E-state index is 11.8. The quantitative estimate of drug-likeness (QED) is 0.502. The highest BCUT2D eigenvalue weighted by atomic mass is 16.6. The van der Waals surface area contributed by atoms with Gasteiger partial charge in [-0.15, -0.1) is 0 Å². The minimum Gasteiger partial charge on any atom is -0.465 e. The maximum Gasteiger partial charge on any atom is 0.323 e. The van der Waals surface area contributed by atoms with Crippen LogP contribution in [-0.2, 0) is 19.1 Å². The number of carbonyl (C=O) groups is 4. The van der Waals surface area contributed by atoms with Crippen molar-refractivity contribution in [1.29, 1.82) is 0 Å². The van der Waals surface area contributed by atoms with Gasteiger partial charge < -0.3 is 9.47 Å². The molecule has 1 aromatic carbocycles. The summed E-state index contributed by atoms with van der Waals surface area (Å²) in [6.07, 6.45) is 2.89. The minimum atomic E-state index is -1.01. The van der Waals surface area contributed by atoms with Gasteiger partial charge in [0.1, 0.15) is 0 Å². The van der Waals surface area contributed by atoms with Crippen molar-refractivity contribution in [3.63, 3.8) is 0 Å². The highest BCUT2D eigenvalue weighted by Crippen LogP contribution is 2.40. The van der Waals surface area contributed by atoms with Crippen LogP contribution in [0.3, 0.4) is 0 Å². The lowest BCUT2D eigenvalue weighted by molar-refractivity contribution is -0.171. The predicted octanol–water partition coefficient (Wildman–Crippen LogP) is 2.24. The van der Waals surface area contributed by atoms with E-state index in [2.05, 4.69) is 5.32 Å². The molecule has 1 aliphatic carbocycles. The van der Waals surface area contributed by atoms with Crippen molar-refractivity contribution in [2.75, 3.05) is 13.2 Å². The van der Waals surface area contributed by atoms with Gasteiger partial charge in [-0.3, -0.25) is 24.5 Å². The van der Waals surface area contributed by atoms with Crippen LogP contribution < -0.4 is 5.32 Å². The Balaban J connectivity index is 0.000000195. The molecule has 1 heterocycles. The Hall–Kier alpha value is -2.70. The Bertz CT molecular complexity index is 653. The smallest absolute Gasteiger partial charge is 0.323 e. The molecule has 0 radical (unpaired) electrons. The van der Waals surface area contributed by atoms with Crippen LogP contribution in [0.1, 0.15) is 60.2 Å². The van der Waals surface area contributed by atoms with Crippen LogP contribution in [0.5, 0.6) is 0 Å². The van der Waals surface area contributed by atoms with Crippen LogP contribution >= 0.6 is 0 Å². The first kappa shape index (κ1) is 19.6. The number of fused-ring (bicyclic) bond motifs is 1. The zero-order valence-corrected chi connectivity index (χ0v) is 15.0. The van der Waals surface area contributed by atoms with Crippen molar-refractivity contribution in [3.05, 3.63) is 35.4 Å². The summed E-state index contributed by atoms with van der Waals surface area (Å²) in [7, 11) is 0. The minimum absolute atomic E-state index is 0.300. The second-order valence-electron chi connectivity index (χ2n) is 6.06. The van der Waals surface area contributed by atoms with Crippen molar-refractivity contribution in [3.8, 4) is 0 Å². The fourth-order valence-corrected chi connectivity index (χ4v) is 3.13. The Morgan fingerprint density at radius 3 is 1.73 bits per heavy atom. The summed E-state index contributed by atoms with van der Waals surface area (Å²) in [5, 5.41) is 2.20. The van der Waals surface area contributed by atoms with Crippen LogP contribution in [0.4, 0.5) is 0 Å². The molecule has 7 heteroatoms. The molecule has 1 aliphatic heterocycles. The largest absolute Gasteiger partial charge is 0.465 e. The number of benzene rings is 1. The number of hydrogen-bond donors (Lipinski definition) is 1. The summed E-state index contributed by atoms with van der Waals surface area (Å²) in [6.45, 7) is 4.09. The highest BCUT2D eigenvalue weighted by molar-refractivity contribution is 6.21. The second kappa shape index (κ2) is 8.60. The predicted molar refractivity (Wildman–Crippen MR) is 92.4 cm³/mol. The molecule has 3 rings (SSSR count). The number of esters is 2. The molecule has 2 aliphatic rings. The monoisotopic (exact) mass is 361 g/mol. The van der Waals surface area contributed by atoms with Gasteiger partial charge in [0.05, 0.1) is 24.3 Å². The SMILES string of the molecule is CCOC(=O)C1(C(=O)OCC)CCCC1.O=C1NC(=O)c2ccccc21. The van der Waals surface area contributed by atoms with E-state index in [0.29, 0.717) is 37.2 Å². The molecule has 7 nitrogen and oxygen atoms in total. The van der Waals surface area contributed by atoms with E-state index < -0.39 is 17.4 Å². The molecule has 0 atom stereocenters. The molecule has 0 spiro atoms. The van der Waals surface area contributed by atoms with Gasteiger partial charge >= 0.3 is 11.9 Å². The number of hydrogen-bond acceptors (Lipinski definition) is 6. The third kappa shape index (κ3) is 3.92. The third-order valence-electron chi connectivity index (χ3n) is 4.43. The normalized spacial score (nSPS) is 16.8. The van der Waals surface area contributed by atoms with Crippen LogP contribution in [0, 0.1) is 5.41 Å². The van der Waals surface area contributed by atoms with E-state index >= 15 is 0 Å². The van der Waals surface area contributed by atoms with E-state index in [1.807, 2.05) is 0 Å². The number of nitrogens with one attached hydrogen (secondary N) is 1.